The second-order valence-corrected chi connectivity index (χ2v) is 6.01. The maximum atomic E-state index is 12.7. The van der Waals surface area contributed by atoms with Crippen LogP contribution < -0.4 is 0 Å². The molecule has 0 bridgehead atoms. The predicted octanol–water partition coefficient (Wildman–Crippen LogP) is 3.35. The van der Waals surface area contributed by atoms with Gasteiger partial charge in [0.1, 0.15) is 5.41 Å². The molecule has 1 aliphatic carbocycles. The van der Waals surface area contributed by atoms with Crippen LogP contribution in [-0.2, 0) is 4.79 Å². The number of nitrogens with zero attached hydrogens (tertiary/aromatic N) is 2. The lowest BCUT2D eigenvalue weighted by Gasteiger charge is -2.34. The van der Waals surface area contributed by atoms with Crippen molar-refractivity contribution >= 4 is 5.91 Å². The van der Waals surface area contributed by atoms with Crippen molar-refractivity contribution in [1.29, 1.82) is 5.26 Å². The highest BCUT2D eigenvalue weighted by molar-refractivity contribution is 5.85. The maximum Gasteiger partial charge on any atom is 0.243 e. The van der Waals surface area contributed by atoms with Gasteiger partial charge in [-0.15, -0.1) is 0 Å². The van der Waals surface area contributed by atoms with Gasteiger partial charge in [0.05, 0.1) is 6.07 Å². The molecule has 1 amide bonds. The molecule has 102 valence electrons. The van der Waals surface area contributed by atoms with Crippen LogP contribution in [0.5, 0.6) is 0 Å². The molecule has 0 aromatic carbocycles. The molecule has 1 aliphatic rings. The van der Waals surface area contributed by atoms with Crippen LogP contribution in [0.15, 0.2) is 0 Å². The Morgan fingerprint density at radius 1 is 1.17 bits per heavy atom. The van der Waals surface area contributed by atoms with Crippen molar-refractivity contribution in [3.8, 4) is 6.07 Å². The monoisotopic (exact) mass is 250 g/mol. The van der Waals surface area contributed by atoms with Crippen LogP contribution in [-0.4, -0.2) is 23.9 Å². The molecule has 18 heavy (non-hydrogen) atoms. The lowest BCUT2D eigenvalue weighted by atomic mass is 9.80. The molecule has 0 saturated heterocycles. The minimum atomic E-state index is -0.756. The minimum absolute atomic E-state index is 0.0353. The van der Waals surface area contributed by atoms with E-state index in [9.17, 15) is 10.1 Å². The van der Waals surface area contributed by atoms with Gasteiger partial charge in [0.2, 0.25) is 5.91 Å². The first-order valence-corrected chi connectivity index (χ1v) is 7.13. The summed E-state index contributed by atoms with van der Waals surface area (Å²) in [5.74, 6) is 0.452. The van der Waals surface area contributed by atoms with Crippen LogP contribution in [0.4, 0.5) is 0 Å². The number of rotatable bonds is 3. The molecule has 0 heterocycles. The van der Waals surface area contributed by atoms with E-state index in [1.54, 1.807) is 4.90 Å². The number of nitriles is 1. The summed E-state index contributed by atoms with van der Waals surface area (Å²) in [5, 5.41) is 9.51. The van der Waals surface area contributed by atoms with Crippen molar-refractivity contribution in [1.82, 2.24) is 4.90 Å². The number of carbonyl (C=O) groups excluding carboxylic acids is 1. The molecule has 0 aliphatic heterocycles. The Morgan fingerprint density at radius 2 is 1.67 bits per heavy atom. The fourth-order valence-corrected chi connectivity index (χ4v) is 2.68. The van der Waals surface area contributed by atoms with Gasteiger partial charge in [-0.2, -0.15) is 5.26 Å². The Kier molecular flexibility index (Phi) is 5.19. The SMILES string of the molecule is CC(C)C(C)N(C)C(=O)C1(C#N)CCCCCC1. The molecule has 0 spiro atoms. The van der Waals surface area contributed by atoms with Gasteiger partial charge in [0, 0.05) is 13.1 Å². The molecule has 1 fully saturated rings. The van der Waals surface area contributed by atoms with E-state index in [1.165, 1.54) is 0 Å². The third-order valence-corrected chi connectivity index (χ3v) is 4.48. The van der Waals surface area contributed by atoms with E-state index < -0.39 is 5.41 Å². The number of hydrogen-bond donors (Lipinski definition) is 0. The quantitative estimate of drug-likeness (QED) is 0.721. The molecule has 3 nitrogen and oxygen atoms in total. The summed E-state index contributed by atoms with van der Waals surface area (Å²) >= 11 is 0. The van der Waals surface area contributed by atoms with Crippen molar-refractivity contribution in [3.63, 3.8) is 0 Å². The van der Waals surface area contributed by atoms with Gasteiger partial charge in [-0.25, -0.2) is 0 Å². The van der Waals surface area contributed by atoms with E-state index in [2.05, 4.69) is 26.8 Å². The van der Waals surface area contributed by atoms with Crippen LogP contribution in [0.25, 0.3) is 0 Å². The van der Waals surface area contributed by atoms with Crippen LogP contribution in [0.2, 0.25) is 0 Å². The van der Waals surface area contributed by atoms with Crippen LogP contribution in [0.1, 0.15) is 59.3 Å². The number of hydrogen-bond acceptors (Lipinski definition) is 2. The normalized spacial score (nSPS) is 20.9. The van der Waals surface area contributed by atoms with Crippen LogP contribution >= 0.6 is 0 Å². The van der Waals surface area contributed by atoms with E-state index >= 15 is 0 Å². The summed E-state index contributed by atoms with van der Waals surface area (Å²) < 4.78 is 0. The van der Waals surface area contributed by atoms with Gasteiger partial charge in [-0.1, -0.05) is 39.5 Å². The van der Waals surface area contributed by atoms with E-state index in [-0.39, 0.29) is 11.9 Å². The molecule has 3 heteroatoms. The molecule has 0 aromatic rings. The van der Waals surface area contributed by atoms with Crippen molar-refractivity contribution in [3.05, 3.63) is 0 Å². The largest absolute Gasteiger partial charge is 0.341 e. The van der Waals surface area contributed by atoms with Crippen molar-refractivity contribution < 1.29 is 4.79 Å². The fraction of sp³-hybridized carbons (Fsp3) is 0.867. The summed E-state index contributed by atoms with van der Waals surface area (Å²) in [6.45, 7) is 6.28. The highest BCUT2D eigenvalue weighted by atomic mass is 16.2. The summed E-state index contributed by atoms with van der Waals surface area (Å²) in [4.78, 5) is 14.4. The molecule has 1 rings (SSSR count). The summed E-state index contributed by atoms with van der Waals surface area (Å²) in [7, 11) is 1.84. The molecule has 1 atom stereocenters. The van der Waals surface area contributed by atoms with E-state index in [0.29, 0.717) is 5.92 Å². The highest BCUT2D eigenvalue weighted by Crippen LogP contribution is 2.36. The molecular formula is C15H26N2O. The summed E-state index contributed by atoms with van der Waals surface area (Å²) in [6, 6.07) is 2.53. The topological polar surface area (TPSA) is 44.1 Å². The summed E-state index contributed by atoms with van der Waals surface area (Å²) in [5.41, 5.74) is -0.756. The van der Waals surface area contributed by atoms with Gasteiger partial charge < -0.3 is 4.90 Å². The first kappa shape index (κ1) is 15.0. The molecule has 1 unspecified atom stereocenters. The predicted molar refractivity (Wildman–Crippen MR) is 72.8 cm³/mol. The standard InChI is InChI=1S/C15H26N2O/c1-12(2)13(3)17(4)14(18)15(11-16)9-7-5-6-8-10-15/h12-13H,5-10H2,1-4H3. The Balaban J connectivity index is 2.87. The lowest BCUT2D eigenvalue weighted by molar-refractivity contribution is -0.141. The number of carbonyl (C=O) groups is 1. The Bertz CT molecular complexity index is 322. The average Bonchev–Trinajstić information content (AvgIpc) is 2.62. The van der Waals surface area contributed by atoms with E-state index in [4.69, 9.17) is 0 Å². The zero-order valence-corrected chi connectivity index (χ0v) is 12.2. The first-order valence-electron chi connectivity index (χ1n) is 7.13. The van der Waals surface area contributed by atoms with E-state index in [1.807, 2.05) is 7.05 Å². The number of amides is 1. The Morgan fingerprint density at radius 3 is 2.06 bits per heavy atom. The maximum absolute atomic E-state index is 12.7. The smallest absolute Gasteiger partial charge is 0.243 e. The van der Waals surface area contributed by atoms with Crippen LogP contribution in [0.3, 0.4) is 0 Å². The third kappa shape index (κ3) is 3.04. The summed E-state index contributed by atoms with van der Waals surface area (Å²) in [6.07, 6.45) is 5.78. The van der Waals surface area contributed by atoms with Crippen molar-refractivity contribution in [2.75, 3.05) is 7.05 Å². The van der Waals surface area contributed by atoms with Crippen molar-refractivity contribution in [2.45, 2.75) is 65.3 Å². The average molecular weight is 250 g/mol. The highest BCUT2D eigenvalue weighted by Gasteiger charge is 2.41. The van der Waals surface area contributed by atoms with Gasteiger partial charge in [-0.3, -0.25) is 4.79 Å². The second kappa shape index (κ2) is 6.22. The minimum Gasteiger partial charge on any atom is -0.341 e. The third-order valence-electron chi connectivity index (χ3n) is 4.48. The van der Waals surface area contributed by atoms with E-state index in [0.717, 1.165) is 38.5 Å². The van der Waals surface area contributed by atoms with Crippen LogP contribution in [0, 0.1) is 22.7 Å². The Hall–Kier alpha value is -1.04. The van der Waals surface area contributed by atoms with Gasteiger partial charge in [0.25, 0.3) is 0 Å². The zero-order chi connectivity index (χ0) is 13.8. The first-order chi connectivity index (χ1) is 8.44. The lowest BCUT2D eigenvalue weighted by Crippen LogP contribution is -2.46. The molecule has 0 radical (unpaired) electrons. The molecular weight excluding hydrogens is 224 g/mol. The molecule has 0 N–H and O–H groups in total. The molecule has 0 aromatic heterocycles. The van der Waals surface area contributed by atoms with Gasteiger partial charge >= 0.3 is 0 Å². The van der Waals surface area contributed by atoms with Gasteiger partial charge in [-0.05, 0) is 25.7 Å². The molecule has 1 saturated carbocycles. The second-order valence-electron chi connectivity index (χ2n) is 6.01. The van der Waals surface area contributed by atoms with Gasteiger partial charge in [0.15, 0.2) is 0 Å². The Labute approximate surface area is 111 Å². The van der Waals surface area contributed by atoms with Crippen molar-refractivity contribution in [2.24, 2.45) is 11.3 Å². The fourth-order valence-electron chi connectivity index (χ4n) is 2.68. The zero-order valence-electron chi connectivity index (χ0n) is 12.2.